The Labute approximate surface area is 206 Å². The van der Waals surface area contributed by atoms with Crippen molar-refractivity contribution in [2.24, 2.45) is 0 Å². The van der Waals surface area contributed by atoms with Crippen LogP contribution in [-0.2, 0) is 17.6 Å². The van der Waals surface area contributed by atoms with Crippen molar-refractivity contribution < 1.29 is 9.21 Å². The van der Waals surface area contributed by atoms with E-state index in [1.807, 2.05) is 60.7 Å². The first-order chi connectivity index (χ1) is 16.7. The minimum atomic E-state index is -0.168. The molecule has 5 nitrogen and oxygen atoms in total. The number of anilines is 1. The number of amides is 1. The van der Waals surface area contributed by atoms with Crippen LogP contribution in [0, 0.1) is 11.3 Å². The molecule has 2 aromatic carbocycles. The molecule has 0 unspecified atom stereocenters. The van der Waals surface area contributed by atoms with E-state index >= 15 is 0 Å². The second-order valence-corrected chi connectivity index (χ2v) is 10.1. The van der Waals surface area contributed by atoms with Gasteiger partial charge in [0, 0.05) is 16.0 Å². The van der Waals surface area contributed by atoms with Gasteiger partial charge in [-0.2, -0.15) is 5.26 Å². The largest absolute Gasteiger partial charge is 0.431 e. The molecule has 1 aliphatic rings. The van der Waals surface area contributed by atoms with Crippen molar-refractivity contribution in [2.45, 2.75) is 37.3 Å². The molecule has 7 heteroatoms. The van der Waals surface area contributed by atoms with E-state index in [4.69, 9.17) is 9.40 Å². The van der Waals surface area contributed by atoms with Crippen molar-refractivity contribution in [2.75, 3.05) is 11.1 Å². The summed E-state index contributed by atoms with van der Waals surface area (Å²) in [5.74, 6) is 0.665. The SMILES string of the molecule is N#Cc1c(NC(=O)CSc2nc(-c3ccccc3)c(-c3ccccc3)o2)sc2c1CCCCC2. The Kier molecular flexibility index (Phi) is 6.79. The van der Waals surface area contributed by atoms with Crippen LogP contribution < -0.4 is 5.32 Å². The molecule has 1 amide bonds. The predicted octanol–water partition coefficient (Wildman–Crippen LogP) is 6.94. The topological polar surface area (TPSA) is 78.9 Å². The van der Waals surface area contributed by atoms with Crippen molar-refractivity contribution in [1.82, 2.24) is 4.98 Å². The van der Waals surface area contributed by atoms with Gasteiger partial charge in [0.1, 0.15) is 16.8 Å². The van der Waals surface area contributed by atoms with Crippen LogP contribution >= 0.6 is 23.1 Å². The fourth-order valence-corrected chi connectivity index (χ4v) is 6.06. The highest BCUT2D eigenvalue weighted by atomic mass is 32.2. The Morgan fingerprint density at radius 3 is 2.47 bits per heavy atom. The lowest BCUT2D eigenvalue weighted by molar-refractivity contribution is -0.113. The number of carbonyl (C=O) groups excluding carboxylic acids is 1. The standard InChI is InChI=1S/C27H23N3O2S2/c28-16-21-20-14-8-3-9-15-22(20)34-26(21)29-23(31)17-33-27-30-24(18-10-4-1-5-11-18)25(32-27)19-12-6-2-7-13-19/h1-2,4-7,10-13H,3,8-9,14-15,17H2,(H,29,31). The molecule has 0 spiro atoms. The Bertz CT molecular complexity index is 1280. The number of carbonyl (C=O) groups is 1. The molecule has 0 saturated carbocycles. The summed E-state index contributed by atoms with van der Waals surface area (Å²) in [5.41, 5.74) is 4.40. The predicted molar refractivity (Wildman–Crippen MR) is 137 cm³/mol. The maximum absolute atomic E-state index is 12.8. The van der Waals surface area contributed by atoms with Gasteiger partial charge in [0.05, 0.1) is 11.3 Å². The van der Waals surface area contributed by atoms with Crippen LogP contribution in [-0.4, -0.2) is 16.6 Å². The summed E-state index contributed by atoms with van der Waals surface area (Å²) in [6.07, 6.45) is 5.33. The van der Waals surface area contributed by atoms with Gasteiger partial charge in [0.15, 0.2) is 5.76 Å². The number of thiophene rings is 1. The van der Waals surface area contributed by atoms with Crippen LogP contribution in [0.3, 0.4) is 0 Å². The molecule has 0 atom stereocenters. The van der Waals surface area contributed by atoms with Gasteiger partial charge in [-0.15, -0.1) is 11.3 Å². The molecule has 2 heterocycles. The number of aromatic nitrogens is 1. The number of benzene rings is 2. The van der Waals surface area contributed by atoms with Crippen LogP contribution in [0.2, 0.25) is 0 Å². The molecule has 34 heavy (non-hydrogen) atoms. The van der Waals surface area contributed by atoms with Gasteiger partial charge >= 0.3 is 0 Å². The fourth-order valence-electron chi connectivity index (χ4n) is 4.18. The van der Waals surface area contributed by atoms with Crippen molar-refractivity contribution in [3.8, 4) is 28.7 Å². The van der Waals surface area contributed by atoms with Gasteiger partial charge in [-0.3, -0.25) is 4.79 Å². The molecule has 4 aromatic rings. The van der Waals surface area contributed by atoms with Crippen LogP contribution in [0.4, 0.5) is 5.00 Å². The molecule has 2 aromatic heterocycles. The highest BCUT2D eigenvalue weighted by Crippen LogP contribution is 2.38. The Morgan fingerprint density at radius 2 is 1.74 bits per heavy atom. The summed E-state index contributed by atoms with van der Waals surface area (Å²) in [6, 6.07) is 22.1. The summed E-state index contributed by atoms with van der Waals surface area (Å²) in [4.78, 5) is 18.7. The van der Waals surface area contributed by atoms with E-state index in [0.717, 1.165) is 48.1 Å². The molecule has 0 saturated heterocycles. The average molecular weight is 486 g/mol. The molecule has 5 rings (SSSR count). The maximum atomic E-state index is 12.8. The monoisotopic (exact) mass is 485 g/mol. The number of nitrogens with zero attached hydrogens (tertiary/aromatic N) is 2. The zero-order valence-electron chi connectivity index (χ0n) is 18.5. The molecular formula is C27H23N3O2S2. The third-order valence-corrected chi connectivity index (χ3v) is 7.84. The average Bonchev–Trinajstić information content (AvgIpc) is 3.37. The van der Waals surface area contributed by atoms with Gasteiger partial charge in [-0.25, -0.2) is 4.98 Å². The van der Waals surface area contributed by atoms with E-state index < -0.39 is 0 Å². The zero-order valence-corrected chi connectivity index (χ0v) is 20.2. The Morgan fingerprint density at radius 1 is 1.03 bits per heavy atom. The van der Waals surface area contributed by atoms with E-state index in [1.54, 1.807) is 11.3 Å². The van der Waals surface area contributed by atoms with E-state index in [9.17, 15) is 10.1 Å². The van der Waals surface area contributed by atoms with Gasteiger partial charge < -0.3 is 9.73 Å². The minimum absolute atomic E-state index is 0.149. The number of thioether (sulfide) groups is 1. The Balaban J connectivity index is 1.33. The van der Waals surface area contributed by atoms with Crippen molar-refractivity contribution >= 4 is 34.0 Å². The first-order valence-corrected chi connectivity index (χ1v) is 13.1. The van der Waals surface area contributed by atoms with Crippen molar-refractivity contribution in [3.05, 3.63) is 76.7 Å². The summed E-state index contributed by atoms with van der Waals surface area (Å²) in [7, 11) is 0. The lowest BCUT2D eigenvalue weighted by Crippen LogP contribution is -2.14. The summed E-state index contributed by atoms with van der Waals surface area (Å²) in [5, 5.41) is 13.8. The number of aryl methyl sites for hydroxylation is 1. The zero-order chi connectivity index (χ0) is 23.3. The summed E-state index contributed by atoms with van der Waals surface area (Å²) in [6.45, 7) is 0. The van der Waals surface area contributed by atoms with Gasteiger partial charge in [-0.1, -0.05) is 78.8 Å². The maximum Gasteiger partial charge on any atom is 0.257 e. The first kappa shape index (κ1) is 22.5. The van der Waals surface area contributed by atoms with Crippen LogP contribution in [0.25, 0.3) is 22.6 Å². The number of rotatable bonds is 6. The Hall–Kier alpha value is -3.34. The molecule has 1 N–H and O–H groups in total. The van der Waals surface area contributed by atoms with Gasteiger partial charge in [0.2, 0.25) is 5.91 Å². The summed E-state index contributed by atoms with van der Waals surface area (Å²) >= 11 is 2.80. The quantitative estimate of drug-likeness (QED) is 0.236. The third-order valence-electron chi connectivity index (χ3n) is 5.80. The van der Waals surface area contributed by atoms with Crippen molar-refractivity contribution in [3.63, 3.8) is 0 Å². The number of nitriles is 1. The number of oxazole rings is 1. The van der Waals surface area contributed by atoms with E-state index in [0.29, 0.717) is 21.5 Å². The first-order valence-electron chi connectivity index (χ1n) is 11.3. The van der Waals surface area contributed by atoms with E-state index in [2.05, 4.69) is 11.4 Å². The van der Waals surface area contributed by atoms with Crippen LogP contribution in [0.5, 0.6) is 0 Å². The highest BCUT2D eigenvalue weighted by Gasteiger charge is 2.22. The van der Waals surface area contributed by atoms with Crippen LogP contribution in [0.1, 0.15) is 35.3 Å². The molecule has 0 radical (unpaired) electrons. The normalized spacial score (nSPS) is 13.0. The molecular weight excluding hydrogens is 462 g/mol. The number of nitrogens with one attached hydrogen (secondary N) is 1. The molecule has 0 aliphatic heterocycles. The molecule has 0 bridgehead atoms. The molecule has 170 valence electrons. The number of hydrogen-bond donors (Lipinski definition) is 1. The number of hydrogen-bond acceptors (Lipinski definition) is 6. The van der Waals surface area contributed by atoms with Gasteiger partial charge in [-0.05, 0) is 31.2 Å². The molecule has 0 fully saturated rings. The van der Waals surface area contributed by atoms with E-state index in [1.165, 1.54) is 23.1 Å². The van der Waals surface area contributed by atoms with Gasteiger partial charge in [0.25, 0.3) is 5.22 Å². The number of fused-ring (bicyclic) bond motifs is 1. The fraction of sp³-hybridized carbons (Fsp3) is 0.222. The molecule has 1 aliphatic carbocycles. The van der Waals surface area contributed by atoms with Crippen molar-refractivity contribution in [1.29, 1.82) is 5.26 Å². The highest BCUT2D eigenvalue weighted by molar-refractivity contribution is 7.99. The van der Waals surface area contributed by atoms with E-state index in [-0.39, 0.29) is 11.7 Å². The lowest BCUT2D eigenvalue weighted by Gasteiger charge is -2.03. The van der Waals surface area contributed by atoms with Crippen LogP contribution in [0.15, 0.2) is 70.3 Å². The third kappa shape index (κ3) is 4.79. The smallest absolute Gasteiger partial charge is 0.257 e. The second kappa shape index (κ2) is 10.3. The minimum Gasteiger partial charge on any atom is -0.431 e. The summed E-state index contributed by atoms with van der Waals surface area (Å²) < 4.78 is 6.10. The second-order valence-electron chi connectivity index (χ2n) is 8.11. The lowest BCUT2D eigenvalue weighted by atomic mass is 10.1.